The van der Waals surface area contributed by atoms with Crippen LogP contribution < -0.4 is 0 Å². The average Bonchev–Trinajstić information content (AvgIpc) is 2.69. The van der Waals surface area contributed by atoms with Crippen LogP contribution in [0.3, 0.4) is 0 Å². The Morgan fingerprint density at radius 2 is 1.80 bits per heavy atom. The molecule has 1 heterocycles. The average molecular weight is 142 g/mol. The molecule has 1 aliphatic heterocycles. The van der Waals surface area contributed by atoms with Crippen molar-refractivity contribution in [3.05, 3.63) is 0 Å². The highest BCUT2D eigenvalue weighted by atomic mass is 16.5. The SMILES string of the molecule is OC1(C2CC2)CCOCC1. The minimum absolute atomic E-state index is 0.335. The van der Waals surface area contributed by atoms with Crippen molar-refractivity contribution in [3.8, 4) is 0 Å². The quantitative estimate of drug-likeness (QED) is 0.590. The molecule has 2 heteroatoms. The first-order valence-electron chi connectivity index (χ1n) is 4.11. The van der Waals surface area contributed by atoms with E-state index < -0.39 is 0 Å². The summed E-state index contributed by atoms with van der Waals surface area (Å²) in [4.78, 5) is 0. The molecular formula is C8H14O2. The molecule has 2 aliphatic rings. The molecule has 0 aromatic carbocycles. The lowest BCUT2D eigenvalue weighted by atomic mass is 9.89. The van der Waals surface area contributed by atoms with Gasteiger partial charge in [-0.15, -0.1) is 0 Å². The number of hydrogen-bond acceptors (Lipinski definition) is 2. The van der Waals surface area contributed by atoms with Crippen molar-refractivity contribution in [1.82, 2.24) is 0 Å². The fraction of sp³-hybridized carbons (Fsp3) is 1.00. The van der Waals surface area contributed by atoms with Gasteiger partial charge in [-0.25, -0.2) is 0 Å². The van der Waals surface area contributed by atoms with E-state index in [4.69, 9.17) is 4.74 Å². The summed E-state index contributed by atoms with van der Waals surface area (Å²) in [6.07, 6.45) is 4.18. The molecule has 2 nitrogen and oxygen atoms in total. The summed E-state index contributed by atoms with van der Waals surface area (Å²) < 4.78 is 5.18. The number of hydrogen-bond donors (Lipinski definition) is 1. The van der Waals surface area contributed by atoms with Crippen LogP contribution in [0.4, 0.5) is 0 Å². The normalized spacial score (nSPS) is 32.1. The number of ether oxygens (including phenoxy) is 1. The Labute approximate surface area is 61.2 Å². The summed E-state index contributed by atoms with van der Waals surface area (Å²) in [5.74, 6) is 0.608. The maximum absolute atomic E-state index is 9.93. The van der Waals surface area contributed by atoms with Gasteiger partial charge in [0.25, 0.3) is 0 Å². The van der Waals surface area contributed by atoms with Crippen molar-refractivity contribution >= 4 is 0 Å². The standard InChI is InChI=1S/C8H14O2/c9-8(7-1-2-7)3-5-10-6-4-8/h7,9H,1-6H2. The summed E-state index contributed by atoms with van der Waals surface area (Å²) in [6, 6.07) is 0. The molecule has 0 aromatic rings. The fourth-order valence-electron chi connectivity index (χ4n) is 1.75. The van der Waals surface area contributed by atoms with Crippen LogP contribution in [0.1, 0.15) is 25.7 Å². The van der Waals surface area contributed by atoms with Crippen LogP contribution in [-0.2, 0) is 4.74 Å². The van der Waals surface area contributed by atoms with E-state index in [1.54, 1.807) is 0 Å². The van der Waals surface area contributed by atoms with Gasteiger partial charge in [0.1, 0.15) is 0 Å². The lowest BCUT2D eigenvalue weighted by Gasteiger charge is -2.31. The third-order valence-electron chi connectivity index (χ3n) is 2.70. The zero-order chi connectivity index (χ0) is 7.03. The van der Waals surface area contributed by atoms with Crippen LogP contribution in [0.15, 0.2) is 0 Å². The molecule has 0 aromatic heterocycles. The van der Waals surface area contributed by atoms with Crippen LogP contribution in [0.2, 0.25) is 0 Å². The van der Waals surface area contributed by atoms with Gasteiger partial charge in [0, 0.05) is 13.2 Å². The Hall–Kier alpha value is -0.0800. The lowest BCUT2D eigenvalue weighted by Crippen LogP contribution is -2.38. The highest BCUT2D eigenvalue weighted by molar-refractivity contribution is 4.95. The van der Waals surface area contributed by atoms with E-state index in [1.807, 2.05) is 0 Å². The molecule has 1 saturated heterocycles. The second-order valence-corrected chi connectivity index (χ2v) is 3.49. The molecule has 58 valence electrons. The molecule has 2 fully saturated rings. The highest BCUT2D eigenvalue weighted by Gasteiger charge is 2.44. The van der Waals surface area contributed by atoms with Gasteiger partial charge in [-0.3, -0.25) is 0 Å². The fourth-order valence-corrected chi connectivity index (χ4v) is 1.75. The second kappa shape index (κ2) is 2.21. The third kappa shape index (κ3) is 1.06. The van der Waals surface area contributed by atoms with Crippen LogP contribution in [0, 0.1) is 5.92 Å². The van der Waals surface area contributed by atoms with Crippen LogP contribution in [0.25, 0.3) is 0 Å². The minimum atomic E-state index is -0.335. The van der Waals surface area contributed by atoms with E-state index in [9.17, 15) is 5.11 Å². The van der Waals surface area contributed by atoms with Crippen LogP contribution in [-0.4, -0.2) is 23.9 Å². The molecule has 0 spiro atoms. The summed E-state index contributed by atoms with van der Waals surface area (Å²) in [5, 5.41) is 9.93. The van der Waals surface area contributed by atoms with Crippen molar-refractivity contribution in [1.29, 1.82) is 0 Å². The van der Waals surface area contributed by atoms with Crippen molar-refractivity contribution in [2.45, 2.75) is 31.3 Å². The molecule has 0 bridgehead atoms. The molecule has 1 aliphatic carbocycles. The van der Waals surface area contributed by atoms with Gasteiger partial charge in [-0.05, 0) is 31.6 Å². The molecule has 0 atom stereocenters. The van der Waals surface area contributed by atoms with Gasteiger partial charge >= 0.3 is 0 Å². The van der Waals surface area contributed by atoms with Crippen LogP contribution in [0.5, 0.6) is 0 Å². The van der Waals surface area contributed by atoms with E-state index in [1.165, 1.54) is 12.8 Å². The van der Waals surface area contributed by atoms with Crippen molar-refractivity contribution in [3.63, 3.8) is 0 Å². The highest BCUT2D eigenvalue weighted by Crippen LogP contribution is 2.44. The van der Waals surface area contributed by atoms with Gasteiger partial charge in [0.2, 0.25) is 0 Å². The van der Waals surface area contributed by atoms with E-state index in [0.29, 0.717) is 5.92 Å². The Morgan fingerprint density at radius 3 is 2.30 bits per heavy atom. The predicted molar refractivity (Wildman–Crippen MR) is 37.7 cm³/mol. The van der Waals surface area contributed by atoms with E-state index >= 15 is 0 Å². The van der Waals surface area contributed by atoms with Gasteiger partial charge < -0.3 is 9.84 Å². The minimum Gasteiger partial charge on any atom is -0.389 e. The van der Waals surface area contributed by atoms with E-state index in [-0.39, 0.29) is 5.60 Å². The molecule has 1 N–H and O–H groups in total. The Bertz CT molecular complexity index is 123. The molecular weight excluding hydrogens is 128 g/mol. The largest absolute Gasteiger partial charge is 0.389 e. The topological polar surface area (TPSA) is 29.5 Å². The Kier molecular flexibility index (Phi) is 1.46. The zero-order valence-electron chi connectivity index (χ0n) is 6.18. The third-order valence-corrected chi connectivity index (χ3v) is 2.70. The molecule has 0 unspecified atom stereocenters. The summed E-state index contributed by atoms with van der Waals surface area (Å²) in [7, 11) is 0. The van der Waals surface area contributed by atoms with E-state index in [0.717, 1.165) is 26.1 Å². The maximum atomic E-state index is 9.93. The zero-order valence-corrected chi connectivity index (χ0v) is 6.18. The maximum Gasteiger partial charge on any atom is 0.0719 e. The molecule has 2 rings (SSSR count). The van der Waals surface area contributed by atoms with E-state index in [2.05, 4.69) is 0 Å². The first kappa shape index (κ1) is 6.62. The smallest absolute Gasteiger partial charge is 0.0719 e. The molecule has 0 amide bonds. The Balaban J connectivity index is 1.97. The van der Waals surface area contributed by atoms with Crippen molar-refractivity contribution in [2.75, 3.05) is 13.2 Å². The number of rotatable bonds is 1. The molecule has 1 saturated carbocycles. The molecule has 10 heavy (non-hydrogen) atoms. The monoisotopic (exact) mass is 142 g/mol. The number of aliphatic hydroxyl groups is 1. The van der Waals surface area contributed by atoms with Crippen LogP contribution >= 0.6 is 0 Å². The van der Waals surface area contributed by atoms with Gasteiger partial charge in [0.05, 0.1) is 5.60 Å². The Morgan fingerprint density at radius 1 is 1.20 bits per heavy atom. The summed E-state index contributed by atoms with van der Waals surface area (Å²) in [6.45, 7) is 1.51. The van der Waals surface area contributed by atoms with Gasteiger partial charge in [0.15, 0.2) is 0 Å². The van der Waals surface area contributed by atoms with Gasteiger partial charge in [-0.2, -0.15) is 0 Å². The molecule has 0 radical (unpaired) electrons. The summed E-state index contributed by atoms with van der Waals surface area (Å²) in [5.41, 5.74) is -0.335. The predicted octanol–water partition coefficient (Wildman–Crippen LogP) is 0.938. The second-order valence-electron chi connectivity index (χ2n) is 3.49. The van der Waals surface area contributed by atoms with Crippen molar-refractivity contribution in [2.24, 2.45) is 5.92 Å². The first-order valence-corrected chi connectivity index (χ1v) is 4.11. The summed E-state index contributed by atoms with van der Waals surface area (Å²) >= 11 is 0. The van der Waals surface area contributed by atoms with Crippen molar-refractivity contribution < 1.29 is 9.84 Å². The lowest BCUT2D eigenvalue weighted by molar-refractivity contribution is -0.0770. The first-order chi connectivity index (χ1) is 4.81. The van der Waals surface area contributed by atoms with Gasteiger partial charge in [-0.1, -0.05) is 0 Å².